The number of hydrogen-bond acceptors (Lipinski definition) is 3. The van der Waals surface area contributed by atoms with Gasteiger partial charge >= 0.3 is 8.80 Å². The standard InChI is InChI=1S/C14H30O3Si/c1-5-15-18(16-6-2,17-7-3)13(4)14-11-9-8-10-12-14/h13-14H,5-12H2,1-4H3. The molecule has 0 bridgehead atoms. The maximum atomic E-state index is 6.02. The van der Waals surface area contributed by atoms with Gasteiger partial charge in [0, 0.05) is 25.4 Å². The molecule has 0 aliphatic heterocycles. The summed E-state index contributed by atoms with van der Waals surface area (Å²) in [5, 5.41) is 0. The van der Waals surface area contributed by atoms with E-state index in [1.807, 2.05) is 20.8 Å². The van der Waals surface area contributed by atoms with Gasteiger partial charge in [0.05, 0.1) is 0 Å². The fraction of sp³-hybridized carbons (Fsp3) is 1.00. The predicted molar refractivity (Wildman–Crippen MR) is 76.6 cm³/mol. The van der Waals surface area contributed by atoms with Gasteiger partial charge in [-0.25, -0.2) is 0 Å². The monoisotopic (exact) mass is 274 g/mol. The molecule has 0 aromatic heterocycles. The maximum absolute atomic E-state index is 6.02. The molecule has 18 heavy (non-hydrogen) atoms. The first-order valence-corrected chi connectivity index (χ1v) is 9.42. The largest absolute Gasteiger partial charge is 0.504 e. The van der Waals surface area contributed by atoms with Crippen LogP contribution in [-0.2, 0) is 13.3 Å². The normalized spacial score (nSPS) is 20.0. The summed E-state index contributed by atoms with van der Waals surface area (Å²) in [7, 11) is -2.49. The molecule has 0 aromatic rings. The van der Waals surface area contributed by atoms with Gasteiger partial charge in [0.2, 0.25) is 0 Å². The Morgan fingerprint density at radius 2 is 1.33 bits per heavy atom. The van der Waals surface area contributed by atoms with Crippen LogP contribution in [0.1, 0.15) is 59.8 Å². The van der Waals surface area contributed by atoms with Crippen molar-refractivity contribution in [3.05, 3.63) is 0 Å². The first-order valence-electron chi connectivity index (χ1n) is 7.62. The molecule has 4 heteroatoms. The van der Waals surface area contributed by atoms with Crippen molar-refractivity contribution in [1.29, 1.82) is 0 Å². The number of rotatable bonds is 8. The number of hydrogen-bond donors (Lipinski definition) is 0. The lowest BCUT2D eigenvalue weighted by molar-refractivity contribution is 0.0528. The Bertz CT molecular complexity index is 200. The average molecular weight is 274 g/mol. The predicted octanol–water partition coefficient (Wildman–Crippen LogP) is 4.01. The Kier molecular flexibility index (Phi) is 7.45. The molecule has 1 unspecified atom stereocenters. The minimum atomic E-state index is -2.49. The topological polar surface area (TPSA) is 27.7 Å². The summed E-state index contributed by atoms with van der Waals surface area (Å²) in [5.41, 5.74) is 0.428. The highest BCUT2D eigenvalue weighted by Crippen LogP contribution is 2.40. The van der Waals surface area contributed by atoms with Crippen molar-refractivity contribution in [3.63, 3.8) is 0 Å². The molecule has 0 heterocycles. The van der Waals surface area contributed by atoms with Crippen LogP contribution in [0.25, 0.3) is 0 Å². The summed E-state index contributed by atoms with van der Waals surface area (Å²) < 4.78 is 18.1. The zero-order chi connectivity index (χ0) is 13.4. The Balaban J connectivity index is 2.76. The van der Waals surface area contributed by atoms with Gasteiger partial charge in [-0.1, -0.05) is 39.0 Å². The Hall–Kier alpha value is 0.0969. The molecule has 1 rings (SSSR count). The van der Waals surface area contributed by atoms with Crippen LogP contribution < -0.4 is 0 Å². The molecule has 108 valence electrons. The second kappa shape index (κ2) is 8.30. The van der Waals surface area contributed by atoms with Crippen LogP contribution in [0.2, 0.25) is 5.54 Å². The van der Waals surface area contributed by atoms with Gasteiger partial charge in [0.1, 0.15) is 0 Å². The van der Waals surface area contributed by atoms with Crippen molar-refractivity contribution in [1.82, 2.24) is 0 Å². The highest BCUT2D eigenvalue weighted by Gasteiger charge is 2.49. The third kappa shape index (κ3) is 4.05. The molecule has 0 spiro atoms. The van der Waals surface area contributed by atoms with Crippen LogP contribution in [0.3, 0.4) is 0 Å². The second-order valence-corrected chi connectivity index (χ2v) is 8.07. The van der Waals surface area contributed by atoms with Gasteiger partial charge in [0.25, 0.3) is 0 Å². The highest BCUT2D eigenvalue weighted by molar-refractivity contribution is 6.62. The van der Waals surface area contributed by atoms with E-state index in [0.29, 0.717) is 25.4 Å². The summed E-state index contributed by atoms with van der Waals surface area (Å²) in [5.74, 6) is 0.718. The SMILES string of the molecule is CCO[Si](OCC)(OCC)C(C)C1CCCCC1. The van der Waals surface area contributed by atoms with Crippen LogP contribution in [0.15, 0.2) is 0 Å². The molecule has 1 saturated carbocycles. The molecule has 0 aromatic carbocycles. The van der Waals surface area contributed by atoms with Gasteiger partial charge in [-0.3, -0.25) is 0 Å². The van der Waals surface area contributed by atoms with Crippen molar-refractivity contribution in [3.8, 4) is 0 Å². The van der Waals surface area contributed by atoms with Crippen LogP contribution >= 0.6 is 0 Å². The van der Waals surface area contributed by atoms with E-state index in [9.17, 15) is 0 Å². The minimum absolute atomic E-state index is 0.428. The smallest absolute Gasteiger partial charge is 0.374 e. The fourth-order valence-corrected chi connectivity index (χ4v) is 6.20. The second-order valence-electron chi connectivity index (χ2n) is 5.09. The lowest BCUT2D eigenvalue weighted by Crippen LogP contribution is -2.51. The molecule has 0 saturated heterocycles. The lowest BCUT2D eigenvalue weighted by Gasteiger charge is -2.38. The van der Waals surface area contributed by atoms with E-state index in [-0.39, 0.29) is 0 Å². The molecule has 0 amide bonds. The van der Waals surface area contributed by atoms with Gasteiger partial charge < -0.3 is 13.3 Å². The van der Waals surface area contributed by atoms with E-state index < -0.39 is 8.80 Å². The van der Waals surface area contributed by atoms with Crippen molar-refractivity contribution in [2.75, 3.05) is 19.8 Å². The van der Waals surface area contributed by atoms with E-state index in [0.717, 1.165) is 5.92 Å². The van der Waals surface area contributed by atoms with E-state index >= 15 is 0 Å². The van der Waals surface area contributed by atoms with Crippen LogP contribution in [0.5, 0.6) is 0 Å². The van der Waals surface area contributed by atoms with Gasteiger partial charge in [-0.2, -0.15) is 0 Å². The summed E-state index contributed by atoms with van der Waals surface area (Å²) in [6, 6.07) is 0. The van der Waals surface area contributed by atoms with E-state index in [4.69, 9.17) is 13.3 Å². The summed E-state index contributed by atoms with van der Waals surface area (Å²) in [4.78, 5) is 0. The summed E-state index contributed by atoms with van der Waals surface area (Å²) >= 11 is 0. The molecule has 1 aliphatic carbocycles. The lowest BCUT2D eigenvalue weighted by atomic mass is 9.87. The Morgan fingerprint density at radius 1 is 0.889 bits per heavy atom. The van der Waals surface area contributed by atoms with Crippen molar-refractivity contribution in [2.24, 2.45) is 5.92 Å². The van der Waals surface area contributed by atoms with E-state index in [2.05, 4.69) is 6.92 Å². The van der Waals surface area contributed by atoms with Gasteiger partial charge in [-0.05, 0) is 26.7 Å². The fourth-order valence-electron chi connectivity index (χ4n) is 3.05. The van der Waals surface area contributed by atoms with Crippen molar-refractivity contribution < 1.29 is 13.3 Å². The molecule has 3 nitrogen and oxygen atoms in total. The molecule has 0 radical (unpaired) electrons. The van der Waals surface area contributed by atoms with Crippen LogP contribution in [-0.4, -0.2) is 28.6 Å². The van der Waals surface area contributed by atoms with Crippen LogP contribution in [0, 0.1) is 5.92 Å². The Morgan fingerprint density at radius 3 is 1.72 bits per heavy atom. The molecular formula is C14H30O3Si. The van der Waals surface area contributed by atoms with Gasteiger partial charge in [-0.15, -0.1) is 0 Å². The van der Waals surface area contributed by atoms with Crippen molar-refractivity contribution in [2.45, 2.75) is 65.3 Å². The summed E-state index contributed by atoms with van der Waals surface area (Å²) in [6.45, 7) is 10.4. The molecule has 1 aliphatic rings. The van der Waals surface area contributed by atoms with E-state index in [1.165, 1.54) is 32.1 Å². The third-order valence-electron chi connectivity index (χ3n) is 3.95. The van der Waals surface area contributed by atoms with Crippen LogP contribution in [0.4, 0.5) is 0 Å². The summed E-state index contributed by atoms with van der Waals surface area (Å²) in [6.07, 6.45) is 6.70. The third-order valence-corrected chi connectivity index (χ3v) is 7.61. The average Bonchev–Trinajstić information content (AvgIpc) is 2.39. The quantitative estimate of drug-likeness (QED) is 0.626. The molecular weight excluding hydrogens is 244 g/mol. The molecule has 1 atom stereocenters. The highest BCUT2D eigenvalue weighted by atomic mass is 28.4. The molecule has 1 fully saturated rings. The molecule has 0 N–H and O–H groups in total. The minimum Gasteiger partial charge on any atom is -0.374 e. The zero-order valence-electron chi connectivity index (χ0n) is 12.5. The van der Waals surface area contributed by atoms with Gasteiger partial charge in [0.15, 0.2) is 0 Å². The Labute approximate surface area is 114 Å². The zero-order valence-corrected chi connectivity index (χ0v) is 13.5. The van der Waals surface area contributed by atoms with E-state index in [1.54, 1.807) is 0 Å². The maximum Gasteiger partial charge on any atom is 0.504 e. The first-order chi connectivity index (χ1) is 8.70. The first kappa shape index (κ1) is 16.2. The van der Waals surface area contributed by atoms with Crippen molar-refractivity contribution >= 4 is 8.80 Å².